The molecule has 1 aliphatic rings. The van der Waals surface area contributed by atoms with Crippen molar-refractivity contribution in [2.45, 2.75) is 32.2 Å². The first kappa shape index (κ1) is 14.6. The van der Waals surface area contributed by atoms with E-state index < -0.39 is 0 Å². The first-order chi connectivity index (χ1) is 10.7. The van der Waals surface area contributed by atoms with E-state index in [9.17, 15) is 4.79 Å². The number of benzene rings is 1. The summed E-state index contributed by atoms with van der Waals surface area (Å²) in [5, 5.41) is 10.6. The number of piperidine rings is 1. The minimum absolute atomic E-state index is 0.158. The van der Waals surface area contributed by atoms with Crippen LogP contribution in [0.15, 0.2) is 36.4 Å². The molecule has 0 bridgehead atoms. The summed E-state index contributed by atoms with van der Waals surface area (Å²) in [6, 6.07) is 12.4. The van der Waals surface area contributed by atoms with Gasteiger partial charge >= 0.3 is 0 Å². The molecule has 2 aromatic rings. The molecule has 3 rings (SSSR count). The van der Waals surface area contributed by atoms with Gasteiger partial charge in [-0.2, -0.15) is 5.10 Å². The second-order valence-electron chi connectivity index (χ2n) is 5.91. The van der Waals surface area contributed by atoms with Crippen LogP contribution in [0.1, 0.15) is 24.2 Å². The monoisotopic (exact) mass is 298 g/mol. The van der Waals surface area contributed by atoms with Crippen molar-refractivity contribution in [3.05, 3.63) is 47.8 Å². The maximum Gasteiger partial charge on any atom is 0.228 e. The molecule has 1 fully saturated rings. The van der Waals surface area contributed by atoms with Gasteiger partial charge in [0.25, 0.3) is 0 Å². The molecular weight excluding hydrogens is 276 g/mol. The van der Waals surface area contributed by atoms with Gasteiger partial charge in [-0.1, -0.05) is 18.2 Å². The lowest BCUT2D eigenvalue weighted by Crippen LogP contribution is -2.45. The quantitative estimate of drug-likeness (QED) is 0.911. The fourth-order valence-electron chi connectivity index (χ4n) is 2.92. The van der Waals surface area contributed by atoms with E-state index in [0.29, 0.717) is 12.5 Å². The van der Waals surface area contributed by atoms with Crippen LogP contribution < -0.4 is 5.32 Å². The predicted molar refractivity (Wildman–Crippen MR) is 86.7 cm³/mol. The summed E-state index contributed by atoms with van der Waals surface area (Å²) < 4.78 is 0. The Labute approximate surface area is 130 Å². The van der Waals surface area contributed by atoms with Crippen LogP contribution in [0.25, 0.3) is 0 Å². The largest absolute Gasteiger partial charge is 0.381 e. The molecule has 1 aromatic heterocycles. The van der Waals surface area contributed by atoms with E-state index >= 15 is 0 Å². The van der Waals surface area contributed by atoms with Gasteiger partial charge in [-0.25, -0.2) is 0 Å². The van der Waals surface area contributed by atoms with Crippen LogP contribution >= 0.6 is 0 Å². The molecule has 1 atom stereocenters. The van der Waals surface area contributed by atoms with Gasteiger partial charge in [0, 0.05) is 30.5 Å². The summed E-state index contributed by atoms with van der Waals surface area (Å²) in [4.78, 5) is 14.4. The Bertz CT molecular complexity index is 623. The number of nitrogens with one attached hydrogen (secondary N) is 2. The zero-order valence-corrected chi connectivity index (χ0v) is 12.9. The molecule has 2 heterocycles. The van der Waals surface area contributed by atoms with Crippen LogP contribution in [0.3, 0.4) is 0 Å². The second kappa shape index (κ2) is 6.64. The second-order valence-corrected chi connectivity index (χ2v) is 5.91. The number of para-hydroxylation sites is 1. The molecular formula is C17H22N4O. The zero-order valence-electron chi connectivity index (χ0n) is 12.9. The molecule has 0 spiro atoms. The highest BCUT2D eigenvalue weighted by Crippen LogP contribution is 2.16. The SMILES string of the molecule is Cc1cc(CC(=O)N2CCC[C@@H](Nc3ccccc3)C2)n[nH]1. The van der Waals surface area contributed by atoms with Crippen molar-refractivity contribution in [1.82, 2.24) is 15.1 Å². The number of carbonyl (C=O) groups excluding carboxylic acids is 1. The van der Waals surface area contributed by atoms with Crippen LogP contribution in [0.5, 0.6) is 0 Å². The van der Waals surface area contributed by atoms with E-state index in [-0.39, 0.29) is 5.91 Å². The number of amides is 1. The molecule has 1 amide bonds. The Morgan fingerprint density at radius 1 is 1.41 bits per heavy atom. The number of hydrogen-bond donors (Lipinski definition) is 2. The normalized spacial score (nSPS) is 18.2. The first-order valence-corrected chi connectivity index (χ1v) is 7.81. The fraction of sp³-hybridized carbons (Fsp3) is 0.412. The third-order valence-electron chi connectivity index (χ3n) is 4.01. The summed E-state index contributed by atoms with van der Waals surface area (Å²) in [5.74, 6) is 0.158. The minimum atomic E-state index is 0.158. The lowest BCUT2D eigenvalue weighted by molar-refractivity contribution is -0.131. The average Bonchev–Trinajstić information content (AvgIpc) is 2.93. The number of aromatic nitrogens is 2. The Hall–Kier alpha value is -2.30. The van der Waals surface area contributed by atoms with E-state index in [2.05, 4.69) is 27.6 Å². The maximum atomic E-state index is 12.4. The van der Waals surface area contributed by atoms with E-state index in [4.69, 9.17) is 0 Å². The van der Waals surface area contributed by atoms with Crippen LogP contribution in [0.2, 0.25) is 0 Å². The summed E-state index contributed by atoms with van der Waals surface area (Å²) >= 11 is 0. The molecule has 2 N–H and O–H groups in total. The van der Waals surface area contributed by atoms with E-state index in [1.54, 1.807) is 0 Å². The number of H-pyrrole nitrogens is 1. The molecule has 0 radical (unpaired) electrons. The number of nitrogens with zero attached hydrogens (tertiary/aromatic N) is 2. The van der Waals surface area contributed by atoms with Gasteiger partial charge in [-0.15, -0.1) is 0 Å². The molecule has 1 aliphatic heterocycles. The van der Waals surface area contributed by atoms with Crippen molar-refractivity contribution < 1.29 is 4.79 Å². The molecule has 0 saturated carbocycles. The van der Waals surface area contributed by atoms with Gasteiger partial charge in [0.15, 0.2) is 0 Å². The van der Waals surface area contributed by atoms with Crippen molar-refractivity contribution in [1.29, 1.82) is 0 Å². The lowest BCUT2D eigenvalue weighted by Gasteiger charge is -2.33. The molecule has 5 nitrogen and oxygen atoms in total. The van der Waals surface area contributed by atoms with Crippen molar-refractivity contribution in [2.75, 3.05) is 18.4 Å². The van der Waals surface area contributed by atoms with Gasteiger partial charge < -0.3 is 10.2 Å². The van der Waals surface area contributed by atoms with Crippen molar-refractivity contribution in [3.8, 4) is 0 Å². The zero-order chi connectivity index (χ0) is 15.4. The van der Waals surface area contributed by atoms with Crippen LogP contribution in [-0.2, 0) is 11.2 Å². The smallest absolute Gasteiger partial charge is 0.228 e. The number of aryl methyl sites for hydroxylation is 1. The molecule has 22 heavy (non-hydrogen) atoms. The number of likely N-dealkylation sites (tertiary alicyclic amines) is 1. The summed E-state index contributed by atoms with van der Waals surface area (Å²) in [5.41, 5.74) is 2.93. The maximum absolute atomic E-state index is 12.4. The van der Waals surface area contributed by atoms with E-state index in [1.165, 1.54) is 0 Å². The number of hydrogen-bond acceptors (Lipinski definition) is 3. The Morgan fingerprint density at radius 3 is 2.95 bits per heavy atom. The third-order valence-corrected chi connectivity index (χ3v) is 4.01. The third kappa shape index (κ3) is 3.67. The number of anilines is 1. The molecule has 116 valence electrons. The van der Waals surface area contributed by atoms with E-state index in [1.807, 2.05) is 36.1 Å². The molecule has 0 aliphatic carbocycles. The van der Waals surface area contributed by atoms with Crippen LogP contribution in [0, 0.1) is 6.92 Å². The van der Waals surface area contributed by atoms with Crippen molar-refractivity contribution in [3.63, 3.8) is 0 Å². The standard InChI is InChI=1S/C17H22N4O/c1-13-10-16(20-19-13)11-17(22)21-9-5-8-15(12-21)18-14-6-3-2-4-7-14/h2-4,6-7,10,15,18H,5,8-9,11-12H2,1H3,(H,19,20)/t15-/m1/s1. The van der Waals surface area contributed by atoms with Gasteiger partial charge in [-0.05, 0) is 38.0 Å². The van der Waals surface area contributed by atoms with Gasteiger partial charge in [-0.3, -0.25) is 9.89 Å². The Kier molecular flexibility index (Phi) is 4.42. The Balaban J connectivity index is 1.57. The van der Waals surface area contributed by atoms with E-state index in [0.717, 1.165) is 43.0 Å². The van der Waals surface area contributed by atoms with Gasteiger partial charge in [0.1, 0.15) is 0 Å². The highest BCUT2D eigenvalue weighted by atomic mass is 16.2. The van der Waals surface area contributed by atoms with Crippen molar-refractivity contribution >= 4 is 11.6 Å². The van der Waals surface area contributed by atoms with Crippen LogP contribution in [-0.4, -0.2) is 40.1 Å². The average molecular weight is 298 g/mol. The van der Waals surface area contributed by atoms with Crippen molar-refractivity contribution in [2.24, 2.45) is 0 Å². The number of rotatable bonds is 4. The van der Waals surface area contributed by atoms with Crippen LogP contribution in [0.4, 0.5) is 5.69 Å². The predicted octanol–water partition coefficient (Wildman–Crippen LogP) is 2.36. The number of carbonyl (C=O) groups is 1. The lowest BCUT2D eigenvalue weighted by atomic mass is 10.0. The topological polar surface area (TPSA) is 61.0 Å². The minimum Gasteiger partial charge on any atom is -0.381 e. The fourth-order valence-corrected chi connectivity index (χ4v) is 2.92. The van der Waals surface area contributed by atoms with Gasteiger partial charge in [0.2, 0.25) is 5.91 Å². The summed E-state index contributed by atoms with van der Waals surface area (Å²) in [6.45, 7) is 3.55. The summed E-state index contributed by atoms with van der Waals surface area (Å²) in [6.07, 6.45) is 2.51. The molecule has 5 heteroatoms. The first-order valence-electron chi connectivity index (χ1n) is 7.81. The Morgan fingerprint density at radius 2 is 2.23 bits per heavy atom. The molecule has 1 saturated heterocycles. The summed E-state index contributed by atoms with van der Waals surface area (Å²) in [7, 11) is 0. The highest BCUT2D eigenvalue weighted by Gasteiger charge is 2.24. The molecule has 0 unspecified atom stereocenters. The molecule has 1 aromatic carbocycles. The van der Waals surface area contributed by atoms with Gasteiger partial charge in [0.05, 0.1) is 12.1 Å². The highest BCUT2D eigenvalue weighted by molar-refractivity contribution is 5.78. The number of aromatic amines is 1.